The van der Waals surface area contributed by atoms with Crippen molar-refractivity contribution in [1.82, 2.24) is 0 Å². The van der Waals surface area contributed by atoms with Gasteiger partial charge in [-0.15, -0.1) is 69.1 Å². The average molecular weight is 831 g/mol. The number of rotatable bonds is 8. The molecule has 0 fully saturated rings. The van der Waals surface area contributed by atoms with Gasteiger partial charge in [0.15, 0.2) is 0 Å². The van der Waals surface area contributed by atoms with E-state index in [1.54, 1.807) is 0 Å². The molecular formula is C48H48HfSi. The summed E-state index contributed by atoms with van der Waals surface area (Å²) in [5.41, 5.74) is 8.56. The molecule has 0 atom stereocenters. The van der Waals surface area contributed by atoms with E-state index in [0.717, 1.165) is 0 Å². The zero-order chi connectivity index (χ0) is 34.9. The molecule has 8 aromatic carbocycles. The van der Waals surface area contributed by atoms with Crippen LogP contribution in [0.4, 0.5) is 0 Å². The molecule has 0 radical (unpaired) electrons. The molecule has 0 aliphatic carbocycles. The monoisotopic (exact) mass is 832 g/mol. The Morgan fingerprint density at radius 1 is 0.460 bits per heavy atom. The summed E-state index contributed by atoms with van der Waals surface area (Å²) in [6.07, 6.45) is 7.38. The van der Waals surface area contributed by atoms with Crippen molar-refractivity contribution < 1.29 is 23.0 Å². The predicted octanol–water partition coefficient (Wildman–Crippen LogP) is 14.2. The fourth-order valence-electron chi connectivity index (χ4n) is 7.03. The van der Waals surface area contributed by atoms with Crippen LogP contribution < -0.4 is 0 Å². The van der Waals surface area contributed by atoms with Crippen LogP contribution in [0.15, 0.2) is 146 Å². The van der Waals surface area contributed by atoms with Gasteiger partial charge < -0.3 is 0 Å². The third kappa shape index (κ3) is 8.53. The quantitative estimate of drug-likeness (QED) is 0.106. The van der Waals surface area contributed by atoms with Crippen LogP contribution in [0.25, 0.3) is 65.3 Å². The van der Waals surface area contributed by atoms with Gasteiger partial charge in [-0.25, -0.2) is 0 Å². The Labute approximate surface area is 314 Å². The third-order valence-electron chi connectivity index (χ3n) is 9.42. The molecule has 0 N–H and O–H groups in total. The summed E-state index contributed by atoms with van der Waals surface area (Å²) in [5, 5.41) is 10.8. The van der Waals surface area contributed by atoms with Crippen LogP contribution in [0.5, 0.6) is 0 Å². The molecule has 0 spiro atoms. The van der Waals surface area contributed by atoms with Crippen LogP contribution in [0.2, 0.25) is 13.1 Å². The van der Waals surface area contributed by atoms with Gasteiger partial charge in [0.2, 0.25) is 0 Å². The topological polar surface area (TPSA) is 0 Å². The first-order valence-electron chi connectivity index (χ1n) is 18.3. The van der Waals surface area contributed by atoms with Crippen molar-refractivity contribution in [3.05, 3.63) is 157 Å². The van der Waals surface area contributed by atoms with Crippen LogP contribution in [0.3, 0.4) is 0 Å². The van der Waals surface area contributed by atoms with E-state index in [0.29, 0.717) is 0 Å². The van der Waals surface area contributed by atoms with Crippen molar-refractivity contribution in [3.63, 3.8) is 0 Å². The summed E-state index contributed by atoms with van der Waals surface area (Å²) in [6.45, 7) is 9.17. The molecule has 0 saturated heterocycles. The summed E-state index contributed by atoms with van der Waals surface area (Å²) in [4.78, 5) is 0. The van der Waals surface area contributed by atoms with Crippen molar-refractivity contribution >= 4 is 48.6 Å². The second-order valence-electron chi connectivity index (χ2n) is 13.6. The first kappa shape index (κ1) is 36.0. The molecule has 0 nitrogen and oxygen atoms in total. The van der Waals surface area contributed by atoms with Gasteiger partial charge in [0.25, 0.3) is 0 Å². The molecule has 0 aliphatic heterocycles. The van der Waals surface area contributed by atoms with Gasteiger partial charge in [0.05, 0.1) is 0 Å². The molecule has 0 unspecified atom stereocenters. The Hall–Kier alpha value is -3.85. The minimum atomic E-state index is 0.259. The van der Waals surface area contributed by atoms with Crippen LogP contribution in [-0.2, 0) is 35.8 Å². The van der Waals surface area contributed by atoms with Crippen LogP contribution in [0.1, 0.15) is 50.7 Å². The Morgan fingerprint density at radius 2 is 0.800 bits per heavy atom. The Morgan fingerprint density at radius 3 is 1.20 bits per heavy atom. The van der Waals surface area contributed by atoms with Crippen LogP contribution >= 0.6 is 0 Å². The van der Waals surface area contributed by atoms with Gasteiger partial charge in [0.1, 0.15) is 0 Å². The second-order valence-corrected chi connectivity index (χ2v) is 26.4. The predicted molar refractivity (Wildman–Crippen MR) is 220 cm³/mol. The molecule has 8 aromatic rings. The maximum atomic E-state index is 2.39. The number of unbranched alkanes of at least 4 members (excludes halogenated alkanes) is 2. The van der Waals surface area contributed by atoms with E-state index in [4.69, 9.17) is 0 Å². The fraction of sp³-hybridized carbons (Fsp3) is 0.208. The molecule has 0 saturated carbocycles. The summed E-state index contributed by atoms with van der Waals surface area (Å²) in [6, 6.07) is 53.4. The first-order valence-corrected chi connectivity index (χ1v) is 26.2. The van der Waals surface area contributed by atoms with Crippen molar-refractivity contribution in [1.29, 1.82) is 0 Å². The zero-order valence-corrected chi connectivity index (χ0v) is 34.7. The van der Waals surface area contributed by atoms with Gasteiger partial charge in [-0.2, -0.15) is 12.1 Å². The summed E-state index contributed by atoms with van der Waals surface area (Å²) < 4.78 is 0. The van der Waals surface area contributed by atoms with Gasteiger partial charge in [-0.1, -0.05) is 148 Å². The van der Waals surface area contributed by atoms with Gasteiger partial charge in [0, 0.05) is 0 Å². The summed E-state index contributed by atoms with van der Waals surface area (Å²) in [5.74, 6) is 0. The molecule has 248 valence electrons. The zero-order valence-electron chi connectivity index (χ0n) is 30.1. The van der Waals surface area contributed by atoms with Crippen molar-refractivity contribution in [2.24, 2.45) is 0 Å². The summed E-state index contributed by atoms with van der Waals surface area (Å²) in [7, 11) is 0. The normalized spacial score (nSPS) is 11.0. The van der Waals surface area contributed by atoms with E-state index in [2.05, 4.69) is 173 Å². The van der Waals surface area contributed by atoms with Crippen molar-refractivity contribution in [2.45, 2.75) is 65.5 Å². The first-order chi connectivity index (χ1) is 24.5. The van der Waals surface area contributed by atoms with E-state index in [1.807, 2.05) is 0 Å². The standard InChI is InChI=1S/2C23H21.C2H6Si.Hf/c2*1-2-3-8-17-15-19-11-7-14-22(23(19)16-17)21-13-6-10-18-9-4-5-12-20(18)21;1-3-2;/h2*4-7,9-16H,2-3,8H2,1H3;1-2H3;/q2*-1;;+2. The minimum absolute atomic E-state index is 0.259. The second kappa shape index (κ2) is 17.4. The molecule has 0 aliphatic rings. The number of aryl methyl sites for hydroxylation is 2. The van der Waals surface area contributed by atoms with Crippen molar-refractivity contribution in [3.8, 4) is 22.3 Å². The van der Waals surface area contributed by atoms with E-state index < -0.39 is 0 Å². The SMILES string of the molecule is CCCCc1cc2c(-c3cccc4ccccc34)cccc2[cH-]1.CCCCc1cc2c(-c3cccc4ccccc34)cccc2[cH-]1.C[Si](C)=[Hf+2]. The molecule has 0 amide bonds. The Bertz CT molecular complexity index is 2170. The van der Waals surface area contributed by atoms with E-state index in [9.17, 15) is 0 Å². The van der Waals surface area contributed by atoms with E-state index in [1.165, 1.54) is 138 Å². The average Bonchev–Trinajstić information content (AvgIpc) is 3.77. The molecular weight excluding hydrogens is 783 g/mol. The maximum absolute atomic E-state index is 2.39. The number of hydrogen-bond donors (Lipinski definition) is 0. The summed E-state index contributed by atoms with van der Waals surface area (Å²) >= 11 is 1.45. The number of fused-ring (bicyclic) bond motifs is 4. The molecule has 50 heavy (non-hydrogen) atoms. The van der Waals surface area contributed by atoms with Crippen LogP contribution in [-0.4, -0.2) is 5.49 Å². The molecule has 8 rings (SSSR count). The number of hydrogen-bond acceptors (Lipinski definition) is 0. The number of benzene rings is 6. The Balaban J connectivity index is 0.000000156. The van der Waals surface area contributed by atoms with Gasteiger partial charge in [-0.05, 0) is 45.5 Å². The van der Waals surface area contributed by atoms with E-state index >= 15 is 0 Å². The van der Waals surface area contributed by atoms with Crippen LogP contribution in [0, 0.1) is 0 Å². The fourth-order valence-corrected chi connectivity index (χ4v) is 7.03. The van der Waals surface area contributed by atoms with Gasteiger partial charge in [-0.3, -0.25) is 0 Å². The molecule has 0 bridgehead atoms. The Kier molecular flexibility index (Phi) is 12.5. The third-order valence-corrected chi connectivity index (χ3v) is 9.42. The molecule has 2 heteroatoms. The van der Waals surface area contributed by atoms with Crippen molar-refractivity contribution in [2.75, 3.05) is 0 Å². The molecule has 0 heterocycles. The van der Waals surface area contributed by atoms with E-state index in [-0.39, 0.29) is 5.49 Å². The van der Waals surface area contributed by atoms with Gasteiger partial charge >= 0.3 is 41.6 Å². The molecule has 0 aromatic heterocycles.